The number of hydrogen-bond donors (Lipinski definition) is 1. The number of methoxy groups -OCH3 is 1. The summed E-state index contributed by atoms with van der Waals surface area (Å²) in [5.41, 5.74) is -0.749. The van der Waals surface area contributed by atoms with Crippen LogP contribution in [0.5, 0.6) is 0 Å². The number of fused-ring (bicyclic) bond motifs is 1. The Hall–Kier alpha value is -0.200. The molecule has 2 aliphatic rings. The summed E-state index contributed by atoms with van der Waals surface area (Å²) < 4.78 is 22.9. The molecule has 17 heavy (non-hydrogen) atoms. The predicted molar refractivity (Wildman–Crippen MR) is 60.4 cm³/mol. The molecule has 100 valence electrons. The van der Waals surface area contributed by atoms with Crippen LogP contribution in [0.4, 0.5) is 0 Å². The second-order valence-corrected chi connectivity index (χ2v) is 5.23. The summed E-state index contributed by atoms with van der Waals surface area (Å²) in [7, 11) is 1.61. The van der Waals surface area contributed by atoms with Gasteiger partial charge in [-0.2, -0.15) is 0 Å². The number of aliphatic hydroxyl groups is 1. The lowest BCUT2D eigenvalue weighted by Crippen LogP contribution is -2.52. The van der Waals surface area contributed by atoms with Gasteiger partial charge in [0.1, 0.15) is 17.8 Å². The molecular formula is C12H22O5. The Balaban J connectivity index is 2.26. The van der Waals surface area contributed by atoms with Gasteiger partial charge in [0.05, 0.1) is 6.10 Å². The number of rotatable bonds is 3. The molecule has 0 aromatic rings. The van der Waals surface area contributed by atoms with E-state index in [0.717, 1.165) is 0 Å². The smallest absolute Gasteiger partial charge is 0.190 e. The summed E-state index contributed by atoms with van der Waals surface area (Å²) >= 11 is 0. The van der Waals surface area contributed by atoms with Crippen molar-refractivity contribution in [2.24, 2.45) is 0 Å². The molecule has 2 saturated heterocycles. The first-order valence-corrected chi connectivity index (χ1v) is 6.10. The summed E-state index contributed by atoms with van der Waals surface area (Å²) in [4.78, 5) is 0. The van der Waals surface area contributed by atoms with E-state index in [4.69, 9.17) is 18.9 Å². The SMILES string of the molecule is CC[C@@]1([C@@H](C)O)O[C@@H]2OC(C)(C)O[C@@H]2[C@H]1OC. The van der Waals surface area contributed by atoms with Crippen LogP contribution < -0.4 is 0 Å². The third-order valence-corrected chi connectivity index (χ3v) is 3.72. The van der Waals surface area contributed by atoms with Crippen molar-refractivity contribution < 1.29 is 24.1 Å². The van der Waals surface area contributed by atoms with E-state index in [1.165, 1.54) is 0 Å². The van der Waals surface area contributed by atoms with Gasteiger partial charge in [0.2, 0.25) is 0 Å². The second kappa shape index (κ2) is 4.17. The third-order valence-electron chi connectivity index (χ3n) is 3.72. The van der Waals surface area contributed by atoms with Gasteiger partial charge < -0.3 is 24.1 Å². The van der Waals surface area contributed by atoms with E-state index < -0.39 is 23.8 Å². The van der Waals surface area contributed by atoms with E-state index in [-0.39, 0.29) is 12.2 Å². The molecule has 5 atom stereocenters. The highest BCUT2D eigenvalue weighted by atomic mass is 16.8. The van der Waals surface area contributed by atoms with Crippen LogP contribution in [0.3, 0.4) is 0 Å². The van der Waals surface area contributed by atoms with Crippen molar-refractivity contribution in [2.75, 3.05) is 7.11 Å². The van der Waals surface area contributed by atoms with Gasteiger partial charge in [-0.15, -0.1) is 0 Å². The van der Waals surface area contributed by atoms with Crippen LogP contribution in [0.15, 0.2) is 0 Å². The Morgan fingerprint density at radius 3 is 2.41 bits per heavy atom. The lowest BCUT2D eigenvalue weighted by molar-refractivity contribution is -0.259. The molecule has 2 rings (SSSR count). The number of aliphatic hydroxyl groups excluding tert-OH is 1. The number of hydrogen-bond acceptors (Lipinski definition) is 5. The van der Waals surface area contributed by atoms with Crippen molar-refractivity contribution in [3.63, 3.8) is 0 Å². The molecule has 5 heteroatoms. The summed E-state index contributed by atoms with van der Waals surface area (Å²) in [6.07, 6.45) is -1.07. The molecule has 5 nitrogen and oxygen atoms in total. The van der Waals surface area contributed by atoms with Crippen LogP contribution >= 0.6 is 0 Å². The van der Waals surface area contributed by atoms with E-state index in [2.05, 4.69) is 0 Å². The lowest BCUT2D eigenvalue weighted by atomic mass is 9.87. The Kier molecular flexibility index (Phi) is 3.25. The fourth-order valence-corrected chi connectivity index (χ4v) is 2.86. The molecule has 0 saturated carbocycles. The van der Waals surface area contributed by atoms with Gasteiger partial charge >= 0.3 is 0 Å². The van der Waals surface area contributed by atoms with Gasteiger partial charge in [-0.3, -0.25) is 0 Å². The fourth-order valence-electron chi connectivity index (χ4n) is 2.86. The van der Waals surface area contributed by atoms with Crippen LogP contribution in [-0.4, -0.2) is 48.2 Å². The minimum absolute atomic E-state index is 0.287. The van der Waals surface area contributed by atoms with Gasteiger partial charge in [0.25, 0.3) is 0 Å². The van der Waals surface area contributed by atoms with Crippen molar-refractivity contribution in [3.8, 4) is 0 Å². The van der Waals surface area contributed by atoms with E-state index in [1.54, 1.807) is 14.0 Å². The maximum atomic E-state index is 9.97. The van der Waals surface area contributed by atoms with Gasteiger partial charge in [0, 0.05) is 7.11 Å². The largest absolute Gasteiger partial charge is 0.390 e. The predicted octanol–water partition coefficient (Wildman–Crippen LogP) is 1.04. The first kappa shape index (κ1) is 13.2. The Labute approximate surface area is 102 Å². The summed E-state index contributed by atoms with van der Waals surface area (Å²) in [6.45, 7) is 7.36. The minimum atomic E-state index is -0.749. The zero-order chi connectivity index (χ0) is 12.8. The molecule has 0 aromatic carbocycles. The summed E-state index contributed by atoms with van der Waals surface area (Å²) in [5, 5.41) is 9.97. The standard InChI is InChI=1S/C12H22O5/c1-6-12(7(2)13)9(14-5)8-10(17-12)16-11(3,4)15-8/h7-10,13H,6H2,1-5H3/t7-,8-,9-,10+,12+/m1/s1. The third kappa shape index (κ3) is 1.90. The maximum Gasteiger partial charge on any atom is 0.190 e. The van der Waals surface area contributed by atoms with Crippen molar-refractivity contribution >= 4 is 0 Å². The zero-order valence-electron chi connectivity index (χ0n) is 11.1. The first-order chi connectivity index (χ1) is 7.86. The molecule has 0 radical (unpaired) electrons. The average Bonchev–Trinajstić information content (AvgIpc) is 2.66. The Bertz CT molecular complexity index is 291. The normalized spacial score (nSPS) is 45.9. The molecule has 2 heterocycles. The second-order valence-electron chi connectivity index (χ2n) is 5.23. The highest BCUT2D eigenvalue weighted by Gasteiger charge is 2.63. The molecule has 0 aliphatic carbocycles. The average molecular weight is 246 g/mol. The van der Waals surface area contributed by atoms with Crippen LogP contribution in [0.2, 0.25) is 0 Å². The van der Waals surface area contributed by atoms with Crippen molar-refractivity contribution in [2.45, 2.75) is 70.1 Å². The highest BCUT2D eigenvalue weighted by molar-refractivity contribution is 5.06. The topological polar surface area (TPSA) is 57.2 Å². The van der Waals surface area contributed by atoms with Crippen LogP contribution in [0, 0.1) is 0 Å². The molecule has 0 spiro atoms. The van der Waals surface area contributed by atoms with Crippen molar-refractivity contribution in [3.05, 3.63) is 0 Å². The van der Waals surface area contributed by atoms with E-state index in [9.17, 15) is 5.11 Å². The lowest BCUT2D eigenvalue weighted by Gasteiger charge is -2.37. The molecule has 0 unspecified atom stereocenters. The molecule has 0 aromatic heterocycles. The van der Waals surface area contributed by atoms with Gasteiger partial charge in [-0.05, 0) is 27.2 Å². The Morgan fingerprint density at radius 2 is 1.94 bits per heavy atom. The quantitative estimate of drug-likeness (QED) is 0.806. The summed E-state index contributed by atoms with van der Waals surface area (Å²) in [6, 6.07) is 0. The number of ether oxygens (including phenoxy) is 4. The molecular weight excluding hydrogens is 224 g/mol. The van der Waals surface area contributed by atoms with E-state index >= 15 is 0 Å². The summed E-state index contributed by atoms with van der Waals surface area (Å²) in [5.74, 6) is -0.662. The molecule has 0 bridgehead atoms. The van der Waals surface area contributed by atoms with E-state index in [0.29, 0.717) is 6.42 Å². The van der Waals surface area contributed by atoms with Crippen molar-refractivity contribution in [1.29, 1.82) is 0 Å². The first-order valence-electron chi connectivity index (χ1n) is 6.10. The van der Waals surface area contributed by atoms with Crippen LogP contribution in [-0.2, 0) is 18.9 Å². The van der Waals surface area contributed by atoms with Gasteiger partial charge in [-0.1, -0.05) is 6.92 Å². The molecule has 2 aliphatic heterocycles. The minimum Gasteiger partial charge on any atom is -0.390 e. The molecule has 1 N–H and O–H groups in total. The monoisotopic (exact) mass is 246 g/mol. The van der Waals surface area contributed by atoms with Crippen molar-refractivity contribution in [1.82, 2.24) is 0 Å². The zero-order valence-corrected chi connectivity index (χ0v) is 11.1. The van der Waals surface area contributed by atoms with Crippen LogP contribution in [0.25, 0.3) is 0 Å². The fraction of sp³-hybridized carbons (Fsp3) is 1.00. The maximum absolute atomic E-state index is 9.97. The van der Waals surface area contributed by atoms with Crippen LogP contribution in [0.1, 0.15) is 34.1 Å². The molecule has 2 fully saturated rings. The van der Waals surface area contributed by atoms with Gasteiger partial charge in [-0.25, -0.2) is 0 Å². The molecule has 0 amide bonds. The van der Waals surface area contributed by atoms with Gasteiger partial charge in [0.15, 0.2) is 12.1 Å². The Morgan fingerprint density at radius 1 is 1.29 bits per heavy atom. The van der Waals surface area contributed by atoms with E-state index in [1.807, 2.05) is 20.8 Å². The highest BCUT2D eigenvalue weighted by Crippen LogP contribution is 2.46.